The maximum atomic E-state index is 13.5. The molecule has 0 saturated carbocycles. The highest BCUT2D eigenvalue weighted by molar-refractivity contribution is 6.30. The lowest BCUT2D eigenvalue weighted by molar-refractivity contribution is 0.0458. The molecule has 2 rings (SSSR count). The van der Waals surface area contributed by atoms with Crippen LogP contribution in [0.2, 0.25) is 5.02 Å². The van der Waals surface area contributed by atoms with Gasteiger partial charge in [-0.15, -0.1) is 0 Å². The van der Waals surface area contributed by atoms with Crippen LogP contribution in [0.25, 0.3) is 0 Å². The van der Waals surface area contributed by atoms with E-state index in [9.17, 15) is 13.6 Å². The van der Waals surface area contributed by atoms with Crippen molar-refractivity contribution in [3.63, 3.8) is 0 Å². The molecule has 1 fully saturated rings. The topological polar surface area (TPSA) is 26.3 Å². The zero-order chi connectivity index (χ0) is 12.4. The van der Waals surface area contributed by atoms with Gasteiger partial charge in [0, 0.05) is 12.5 Å². The summed E-state index contributed by atoms with van der Waals surface area (Å²) >= 11 is 5.43. The van der Waals surface area contributed by atoms with Crippen LogP contribution < -0.4 is 0 Å². The first-order valence-electron chi connectivity index (χ1n) is 5.36. The average Bonchev–Trinajstić information content (AvgIpc) is 2.34. The number of Topliss-reactive ketones (excluding diaryl/α,β-unsaturated/α-hetero) is 1. The number of ketones is 1. The third-order valence-electron chi connectivity index (χ3n) is 2.81. The summed E-state index contributed by atoms with van der Waals surface area (Å²) < 4.78 is 31.9. The number of carbonyl (C=O) groups excluding carboxylic acids is 1. The molecular formula is C12H11ClF2O2. The summed E-state index contributed by atoms with van der Waals surface area (Å²) in [6.45, 7) is 0.879. The lowest BCUT2D eigenvalue weighted by Gasteiger charge is -2.21. The second kappa shape index (κ2) is 5.10. The van der Waals surface area contributed by atoms with Crippen molar-refractivity contribution in [2.45, 2.75) is 12.8 Å². The standard InChI is InChI=1S/C12H11ClF2O2/c13-9-5-10(14)8(4-11(9)15)12(16)7-2-1-3-17-6-7/h4-5,7H,1-3,6H2. The van der Waals surface area contributed by atoms with Crippen molar-refractivity contribution >= 4 is 17.4 Å². The van der Waals surface area contributed by atoms with Gasteiger partial charge in [0.25, 0.3) is 0 Å². The Morgan fingerprint density at radius 3 is 2.76 bits per heavy atom. The third kappa shape index (κ3) is 2.64. The number of hydrogen-bond acceptors (Lipinski definition) is 2. The van der Waals surface area contributed by atoms with E-state index < -0.39 is 17.4 Å². The molecule has 1 unspecified atom stereocenters. The van der Waals surface area contributed by atoms with Gasteiger partial charge in [0.1, 0.15) is 11.6 Å². The van der Waals surface area contributed by atoms with Crippen LogP contribution in [0, 0.1) is 17.6 Å². The van der Waals surface area contributed by atoms with Crippen molar-refractivity contribution in [2.24, 2.45) is 5.92 Å². The molecule has 1 aromatic carbocycles. The average molecular weight is 261 g/mol. The van der Waals surface area contributed by atoms with E-state index in [0.29, 0.717) is 13.0 Å². The first kappa shape index (κ1) is 12.5. The van der Waals surface area contributed by atoms with Gasteiger partial charge in [-0.3, -0.25) is 4.79 Å². The highest BCUT2D eigenvalue weighted by atomic mass is 35.5. The van der Waals surface area contributed by atoms with Gasteiger partial charge in [0.2, 0.25) is 0 Å². The predicted molar refractivity (Wildman–Crippen MR) is 59.2 cm³/mol. The SMILES string of the molecule is O=C(c1cc(F)c(Cl)cc1F)C1CCCOC1. The van der Waals surface area contributed by atoms with Gasteiger partial charge in [-0.2, -0.15) is 0 Å². The lowest BCUT2D eigenvalue weighted by Crippen LogP contribution is -2.26. The van der Waals surface area contributed by atoms with Crippen LogP contribution in [0.4, 0.5) is 8.78 Å². The zero-order valence-corrected chi connectivity index (χ0v) is 9.77. The van der Waals surface area contributed by atoms with Crippen LogP contribution in [-0.4, -0.2) is 19.0 Å². The molecule has 1 aromatic rings. The van der Waals surface area contributed by atoms with Gasteiger partial charge in [0.15, 0.2) is 5.78 Å². The van der Waals surface area contributed by atoms with E-state index in [1.807, 2.05) is 0 Å². The third-order valence-corrected chi connectivity index (χ3v) is 3.10. The Morgan fingerprint density at radius 2 is 2.12 bits per heavy atom. The summed E-state index contributed by atoms with van der Waals surface area (Å²) in [5, 5.41) is -0.320. The van der Waals surface area contributed by atoms with E-state index in [0.717, 1.165) is 18.6 Å². The predicted octanol–water partition coefficient (Wildman–Crippen LogP) is 3.23. The van der Waals surface area contributed by atoms with Crippen LogP contribution in [0.5, 0.6) is 0 Å². The number of benzene rings is 1. The molecule has 2 nitrogen and oxygen atoms in total. The normalized spacial score (nSPS) is 20.3. The number of hydrogen-bond donors (Lipinski definition) is 0. The molecule has 1 aliphatic rings. The molecule has 0 N–H and O–H groups in total. The maximum absolute atomic E-state index is 13.5. The van der Waals surface area contributed by atoms with E-state index in [2.05, 4.69) is 0 Å². The molecule has 1 atom stereocenters. The Hall–Kier alpha value is -1.00. The summed E-state index contributed by atoms with van der Waals surface area (Å²) in [4.78, 5) is 12.0. The van der Waals surface area contributed by atoms with Crippen molar-refractivity contribution in [1.29, 1.82) is 0 Å². The highest BCUT2D eigenvalue weighted by Gasteiger charge is 2.26. The second-order valence-corrected chi connectivity index (χ2v) is 4.43. The smallest absolute Gasteiger partial charge is 0.171 e. The number of ether oxygens (including phenoxy) is 1. The molecule has 17 heavy (non-hydrogen) atoms. The fraction of sp³-hybridized carbons (Fsp3) is 0.417. The lowest BCUT2D eigenvalue weighted by atomic mass is 9.92. The quantitative estimate of drug-likeness (QED) is 0.603. The largest absolute Gasteiger partial charge is 0.381 e. The first-order chi connectivity index (χ1) is 8.09. The Morgan fingerprint density at radius 1 is 1.35 bits per heavy atom. The van der Waals surface area contributed by atoms with E-state index >= 15 is 0 Å². The van der Waals surface area contributed by atoms with Crippen molar-refractivity contribution < 1.29 is 18.3 Å². The molecule has 0 aliphatic carbocycles. The number of halogens is 3. The first-order valence-corrected chi connectivity index (χ1v) is 5.74. The molecule has 0 spiro atoms. The van der Waals surface area contributed by atoms with Crippen molar-refractivity contribution in [2.75, 3.05) is 13.2 Å². The molecule has 1 aliphatic heterocycles. The van der Waals surface area contributed by atoms with Crippen LogP contribution in [0.1, 0.15) is 23.2 Å². The maximum Gasteiger partial charge on any atom is 0.171 e. The minimum atomic E-state index is -0.785. The molecule has 5 heteroatoms. The minimum Gasteiger partial charge on any atom is -0.381 e. The Kier molecular flexibility index (Phi) is 3.74. The molecule has 0 aromatic heterocycles. The Bertz CT molecular complexity index is 442. The van der Waals surface area contributed by atoms with Gasteiger partial charge in [-0.05, 0) is 25.0 Å². The molecule has 1 saturated heterocycles. The number of rotatable bonds is 2. The van der Waals surface area contributed by atoms with Gasteiger partial charge in [-0.1, -0.05) is 11.6 Å². The van der Waals surface area contributed by atoms with E-state index in [1.54, 1.807) is 0 Å². The summed E-state index contributed by atoms with van der Waals surface area (Å²) in [6.07, 6.45) is 1.40. The van der Waals surface area contributed by atoms with Crippen molar-refractivity contribution in [3.05, 3.63) is 34.4 Å². The molecule has 0 bridgehead atoms. The summed E-state index contributed by atoms with van der Waals surface area (Å²) in [5.74, 6) is -2.38. The Balaban J connectivity index is 2.26. The van der Waals surface area contributed by atoms with Crippen molar-refractivity contribution in [3.8, 4) is 0 Å². The zero-order valence-electron chi connectivity index (χ0n) is 9.01. The monoisotopic (exact) mass is 260 g/mol. The van der Waals surface area contributed by atoms with Gasteiger partial charge in [-0.25, -0.2) is 8.78 Å². The molecular weight excluding hydrogens is 250 g/mol. The molecule has 0 radical (unpaired) electrons. The van der Waals surface area contributed by atoms with Crippen LogP contribution >= 0.6 is 11.6 Å². The minimum absolute atomic E-state index is 0.248. The van der Waals surface area contributed by atoms with Gasteiger partial charge >= 0.3 is 0 Å². The Labute approximate surface area is 103 Å². The van der Waals surface area contributed by atoms with Gasteiger partial charge in [0.05, 0.1) is 17.2 Å². The highest BCUT2D eigenvalue weighted by Crippen LogP contribution is 2.24. The van der Waals surface area contributed by atoms with E-state index in [4.69, 9.17) is 16.3 Å². The molecule has 0 amide bonds. The summed E-state index contributed by atoms with van der Waals surface area (Å²) in [5.41, 5.74) is -0.248. The fourth-order valence-corrected chi connectivity index (χ4v) is 2.03. The van der Waals surface area contributed by atoms with Crippen molar-refractivity contribution in [1.82, 2.24) is 0 Å². The number of carbonyl (C=O) groups is 1. The van der Waals surface area contributed by atoms with E-state index in [1.165, 1.54) is 0 Å². The summed E-state index contributed by atoms with van der Waals surface area (Å²) in [6, 6.07) is 1.68. The van der Waals surface area contributed by atoms with Crippen LogP contribution in [0.3, 0.4) is 0 Å². The molecule has 1 heterocycles. The van der Waals surface area contributed by atoms with Crippen LogP contribution in [-0.2, 0) is 4.74 Å². The molecule has 92 valence electrons. The summed E-state index contributed by atoms with van der Waals surface area (Å²) in [7, 11) is 0. The second-order valence-electron chi connectivity index (χ2n) is 4.02. The fourth-order valence-electron chi connectivity index (χ4n) is 1.88. The van der Waals surface area contributed by atoms with Gasteiger partial charge < -0.3 is 4.74 Å². The van der Waals surface area contributed by atoms with Crippen LogP contribution in [0.15, 0.2) is 12.1 Å². The van der Waals surface area contributed by atoms with E-state index in [-0.39, 0.29) is 23.1 Å².